The molecule has 0 radical (unpaired) electrons. The Morgan fingerprint density at radius 1 is 1.19 bits per heavy atom. The standard InChI is InChI=1S/C19H20F3N3O/c1-12-5-7-15(8-6-12)24-18(26)16-4-3-9-25(16)17-11-14(19(20,21)22)10-13(2)23-17/h5-8,10-11,16H,3-4,9H2,1-2H3,(H,24,26)/t16-/m0/s1. The second kappa shape index (κ2) is 6.97. The largest absolute Gasteiger partial charge is 0.416 e. The SMILES string of the molecule is Cc1ccc(NC(=O)[C@@H]2CCCN2c2cc(C(F)(F)F)cc(C)n2)cc1. The normalized spacial score (nSPS) is 17.4. The molecule has 1 aromatic heterocycles. The van der Waals surface area contributed by atoms with Crippen molar-refractivity contribution in [3.63, 3.8) is 0 Å². The average molecular weight is 363 g/mol. The summed E-state index contributed by atoms with van der Waals surface area (Å²) in [7, 11) is 0. The zero-order chi connectivity index (χ0) is 18.9. The van der Waals surface area contributed by atoms with E-state index in [1.807, 2.05) is 19.1 Å². The third-order valence-electron chi connectivity index (χ3n) is 4.44. The van der Waals surface area contributed by atoms with Crippen LogP contribution in [-0.4, -0.2) is 23.5 Å². The van der Waals surface area contributed by atoms with Crippen LogP contribution in [0.25, 0.3) is 0 Å². The number of hydrogen-bond donors (Lipinski definition) is 1. The van der Waals surface area contributed by atoms with Gasteiger partial charge >= 0.3 is 6.18 Å². The van der Waals surface area contributed by atoms with Crippen molar-refractivity contribution >= 4 is 17.4 Å². The summed E-state index contributed by atoms with van der Waals surface area (Å²) in [5, 5.41) is 2.84. The topological polar surface area (TPSA) is 45.2 Å². The molecule has 1 saturated heterocycles. The molecule has 0 unspecified atom stereocenters. The van der Waals surface area contributed by atoms with Gasteiger partial charge in [-0.15, -0.1) is 0 Å². The maximum Gasteiger partial charge on any atom is 0.416 e. The molecule has 7 heteroatoms. The van der Waals surface area contributed by atoms with Crippen molar-refractivity contribution in [1.29, 1.82) is 0 Å². The summed E-state index contributed by atoms with van der Waals surface area (Å²) in [5.74, 6) is -0.0397. The molecular formula is C19H20F3N3O. The highest BCUT2D eigenvalue weighted by molar-refractivity contribution is 5.97. The van der Waals surface area contributed by atoms with Gasteiger partial charge in [0.05, 0.1) is 5.56 Å². The maximum absolute atomic E-state index is 13.1. The van der Waals surface area contributed by atoms with Crippen molar-refractivity contribution in [3.8, 4) is 0 Å². The summed E-state index contributed by atoms with van der Waals surface area (Å²) in [6, 6.07) is 8.88. The second-order valence-corrected chi connectivity index (χ2v) is 6.56. The zero-order valence-electron chi connectivity index (χ0n) is 14.6. The summed E-state index contributed by atoms with van der Waals surface area (Å²) < 4.78 is 39.3. The summed E-state index contributed by atoms with van der Waals surface area (Å²) in [6.07, 6.45) is -3.14. The Morgan fingerprint density at radius 3 is 2.54 bits per heavy atom. The zero-order valence-corrected chi connectivity index (χ0v) is 14.6. The molecule has 1 aromatic carbocycles. The van der Waals surface area contributed by atoms with Crippen LogP contribution in [0, 0.1) is 13.8 Å². The summed E-state index contributed by atoms with van der Waals surface area (Å²) in [5.41, 5.74) is 1.28. The number of rotatable bonds is 3. The number of aromatic nitrogens is 1. The first-order valence-corrected chi connectivity index (χ1v) is 8.44. The lowest BCUT2D eigenvalue weighted by molar-refractivity contribution is -0.137. The smallest absolute Gasteiger partial charge is 0.345 e. The molecule has 1 amide bonds. The minimum atomic E-state index is -4.44. The number of hydrogen-bond acceptors (Lipinski definition) is 3. The van der Waals surface area contributed by atoms with Crippen LogP contribution in [0.3, 0.4) is 0 Å². The number of halogens is 3. The number of benzene rings is 1. The lowest BCUT2D eigenvalue weighted by Crippen LogP contribution is -2.40. The van der Waals surface area contributed by atoms with E-state index in [-0.39, 0.29) is 17.4 Å². The molecule has 26 heavy (non-hydrogen) atoms. The number of amides is 1. The molecule has 0 saturated carbocycles. The highest BCUT2D eigenvalue weighted by atomic mass is 19.4. The molecular weight excluding hydrogens is 343 g/mol. The van der Waals surface area contributed by atoms with Gasteiger partial charge in [0, 0.05) is 17.9 Å². The highest BCUT2D eigenvalue weighted by Crippen LogP contribution is 2.33. The molecule has 1 fully saturated rings. The molecule has 2 aromatic rings. The third kappa shape index (κ3) is 3.98. The molecule has 2 heterocycles. The molecule has 1 aliphatic rings. The number of nitrogens with zero attached hydrogens (tertiary/aromatic N) is 2. The van der Waals surface area contributed by atoms with E-state index in [0.29, 0.717) is 18.7 Å². The van der Waals surface area contributed by atoms with Crippen molar-refractivity contribution in [2.24, 2.45) is 0 Å². The minimum absolute atomic E-state index is 0.193. The predicted molar refractivity (Wildman–Crippen MR) is 94.2 cm³/mol. The first kappa shape index (κ1) is 18.2. The van der Waals surface area contributed by atoms with Crippen LogP contribution in [0.2, 0.25) is 0 Å². The molecule has 1 atom stereocenters. The Balaban J connectivity index is 1.83. The Labute approximate surface area is 150 Å². The molecule has 4 nitrogen and oxygen atoms in total. The van der Waals surface area contributed by atoms with Crippen LogP contribution in [0.5, 0.6) is 0 Å². The van der Waals surface area contributed by atoms with E-state index in [4.69, 9.17) is 0 Å². The average Bonchev–Trinajstić information content (AvgIpc) is 3.05. The number of nitrogens with one attached hydrogen (secondary N) is 1. The van der Waals surface area contributed by atoms with Crippen molar-refractivity contribution in [2.45, 2.75) is 38.9 Å². The van der Waals surface area contributed by atoms with Gasteiger partial charge in [-0.1, -0.05) is 17.7 Å². The molecule has 3 rings (SSSR count). The van der Waals surface area contributed by atoms with Gasteiger partial charge in [0.1, 0.15) is 11.9 Å². The number of aryl methyl sites for hydroxylation is 2. The molecule has 0 aliphatic carbocycles. The molecule has 0 bridgehead atoms. The molecule has 138 valence electrons. The number of carbonyl (C=O) groups is 1. The first-order chi connectivity index (χ1) is 12.2. The van der Waals surface area contributed by atoms with Gasteiger partial charge in [-0.05, 0) is 51.0 Å². The molecule has 1 aliphatic heterocycles. The number of carbonyl (C=O) groups excluding carboxylic acids is 1. The summed E-state index contributed by atoms with van der Waals surface area (Å²) in [4.78, 5) is 18.5. The Bertz CT molecular complexity index is 803. The van der Waals surface area contributed by atoms with Crippen LogP contribution in [0.4, 0.5) is 24.7 Å². The maximum atomic E-state index is 13.1. The van der Waals surface area contributed by atoms with Gasteiger partial charge < -0.3 is 10.2 Å². The van der Waals surface area contributed by atoms with E-state index >= 15 is 0 Å². The van der Waals surface area contributed by atoms with E-state index < -0.39 is 17.8 Å². The van der Waals surface area contributed by atoms with Gasteiger partial charge in [-0.2, -0.15) is 13.2 Å². The van der Waals surface area contributed by atoms with E-state index in [2.05, 4.69) is 10.3 Å². The van der Waals surface area contributed by atoms with Gasteiger partial charge in [-0.25, -0.2) is 4.98 Å². The van der Waals surface area contributed by atoms with Crippen LogP contribution >= 0.6 is 0 Å². The van der Waals surface area contributed by atoms with E-state index in [9.17, 15) is 18.0 Å². The molecule has 1 N–H and O–H groups in total. The Hall–Kier alpha value is -2.57. The minimum Gasteiger partial charge on any atom is -0.345 e. The Kier molecular flexibility index (Phi) is 4.89. The lowest BCUT2D eigenvalue weighted by Gasteiger charge is -2.26. The summed E-state index contributed by atoms with van der Waals surface area (Å²) >= 11 is 0. The first-order valence-electron chi connectivity index (χ1n) is 8.44. The second-order valence-electron chi connectivity index (χ2n) is 6.56. The van der Waals surface area contributed by atoms with Gasteiger partial charge in [0.15, 0.2) is 0 Å². The van der Waals surface area contributed by atoms with Crippen LogP contribution in [0.15, 0.2) is 36.4 Å². The predicted octanol–water partition coefficient (Wildman–Crippen LogP) is 4.32. The fourth-order valence-corrected chi connectivity index (χ4v) is 3.14. The van der Waals surface area contributed by atoms with Gasteiger partial charge in [-0.3, -0.25) is 4.79 Å². The van der Waals surface area contributed by atoms with Crippen LogP contribution < -0.4 is 10.2 Å². The number of pyridine rings is 1. The van der Waals surface area contributed by atoms with E-state index in [1.54, 1.807) is 17.0 Å². The number of alkyl halides is 3. The van der Waals surface area contributed by atoms with Crippen LogP contribution in [-0.2, 0) is 11.0 Å². The fourth-order valence-electron chi connectivity index (χ4n) is 3.14. The molecule has 0 spiro atoms. The van der Waals surface area contributed by atoms with Crippen LogP contribution in [0.1, 0.15) is 29.7 Å². The fraction of sp³-hybridized carbons (Fsp3) is 0.368. The lowest BCUT2D eigenvalue weighted by atomic mass is 10.1. The van der Waals surface area contributed by atoms with E-state index in [0.717, 1.165) is 24.1 Å². The van der Waals surface area contributed by atoms with Gasteiger partial charge in [0.2, 0.25) is 5.91 Å². The van der Waals surface area contributed by atoms with Crippen molar-refractivity contribution in [3.05, 3.63) is 53.2 Å². The quantitative estimate of drug-likeness (QED) is 0.883. The van der Waals surface area contributed by atoms with Crippen molar-refractivity contribution < 1.29 is 18.0 Å². The number of anilines is 2. The monoisotopic (exact) mass is 363 g/mol. The third-order valence-corrected chi connectivity index (χ3v) is 4.44. The Morgan fingerprint density at radius 2 is 1.88 bits per heavy atom. The van der Waals surface area contributed by atoms with Crippen molar-refractivity contribution in [2.75, 3.05) is 16.8 Å². The highest BCUT2D eigenvalue weighted by Gasteiger charge is 2.35. The van der Waals surface area contributed by atoms with Crippen molar-refractivity contribution in [1.82, 2.24) is 4.98 Å². The summed E-state index contributed by atoms with van der Waals surface area (Å²) in [6.45, 7) is 3.97. The van der Waals surface area contributed by atoms with E-state index in [1.165, 1.54) is 6.92 Å². The van der Waals surface area contributed by atoms with Gasteiger partial charge in [0.25, 0.3) is 0 Å².